The highest BCUT2D eigenvalue weighted by Crippen LogP contribution is 2.25. The molecule has 3 rings (SSSR count). The molecule has 0 atom stereocenters. The lowest BCUT2D eigenvalue weighted by atomic mass is 10.3. The SMILES string of the molecule is NNc1cccnc1S(=O)(=O)Nc1ccc2ncsc2c1. The maximum atomic E-state index is 12.4. The zero-order valence-corrected chi connectivity index (χ0v) is 12.3. The van der Waals surface area contributed by atoms with Crippen LogP contribution in [0.3, 0.4) is 0 Å². The molecule has 0 aliphatic rings. The van der Waals surface area contributed by atoms with Gasteiger partial charge >= 0.3 is 0 Å². The Kier molecular flexibility index (Phi) is 3.45. The Bertz CT molecular complexity index is 891. The number of nitrogens with one attached hydrogen (secondary N) is 2. The molecule has 0 radical (unpaired) electrons. The Hall–Kier alpha value is -2.23. The van der Waals surface area contributed by atoms with Gasteiger partial charge in [0.05, 0.1) is 27.1 Å². The number of nitrogens with zero attached hydrogens (tertiary/aromatic N) is 2. The number of fused-ring (bicyclic) bond motifs is 1. The van der Waals surface area contributed by atoms with Gasteiger partial charge in [0.25, 0.3) is 10.0 Å². The molecule has 2 heterocycles. The Balaban J connectivity index is 1.98. The fraction of sp³-hybridized carbons (Fsp3) is 0. The Morgan fingerprint density at radius 2 is 2.05 bits per heavy atom. The number of thiazole rings is 1. The molecule has 0 unspecified atom stereocenters. The average molecular weight is 321 g/mol. The molecule has 0 saturated carbocycles. The first-order valence-corrected chi connectivity index (χ1v) is 8.24. The molecule has 21 heavy (non-hydrogen) atoms. The molecule has 0 bridgehead atoms. The summed E-state index contributed by atoms with van der Waals surface area (Å²) in [7, 11) is -3.83. The summed E-state index contributed by atoms with van der Waals surface area (Å²) in [5.41, 5.74) is 5.52. The largest absolute Gasteiger partial charge is 0.321 e. The first kappa shape index (κ1) is 13.7. The molecule has 0 aliphatic carbocycles. The van der Waals surface area contributed by atoms with Crippen molar-refractivity contribution < 1.29 is 8.42 Å². The van der Waals surface area contributed by atoms with Crippen molar-refractivity contribution in [2.45, 2.75) is 5.03 Å². The molecule has 2 aromatic heterocycles. The minimum Gasteiger partial charge on any atom is -0.321 e. The van der Waals surface area contributed by atoms with E-state index in [1.807, 2.05) is 0 Å². The van der Waals surface area contributed by atoms with E-state index >= 15 is 0 Å². The monoisotopic (exact) mass is 321 g/mol. The molecule has 9 heteroatoms. The van der Waals surface area contributed by atoms with E-state index < -0.39 is 10.0 Å². The van der Waals surface area contributed by atoms with Crippen LogP contribution in [0.25, 0.3) is 10.2 Å². The van der Waals surface area contributed by atoms with E-state index in [1.54, 1.807) is 29.8 Å². The topological polar surface area (TPSA) is 110 Å². The Morgan fingerprint density at radius 3 is 2.86 bits per heavy atom. The van der Waals surface area contributed by atoms with Gasteiger partial charge in [-0.3, -0.25) is 10.6 Å². The summed E-state index contributed by atoms with van der Waals surface area (Å²) >= 11 is 1.44. The van der Waals surface area contributed by atoms with E-state index in [0.29, 0.717) is 5.69 Å². The minimum absolute atomic E-state index is 0.156. The van der Waals surface area contributed by atoms with Crippen LogP contribution in [0, 0.1) is 0 Å². The summed E-state index contributed by atoms with van der Waals surface area (Å²) in [6.07, 6.45) is 1.39. The van der Waals surface area contributed by atoms with E-state index in [1.165, 1.54) is 23.6 Å². The normalized spacial score (nSPS) is 11.5. The van der Waals surface area contributed by atoms with Gasteiger partial charge in [-0.2, -0.15) is 8.42 Å². The summed E-state index contributed by atoms with van der Waals surface area (Å²) in [6, 6.07) is 8.26. The number of nitrogen functional groups attached to an aromatic ring is 1. The van der Waals surface area contributed by atoms with Crippen molar-refractivity contribution in [2.24, 2.45) is 5.84 Å². The van der Waals surface area contributed by atoms with Crippen LogP contribution in [0.5, 0.6) is 0 Å². The van der Waals surface area contributed by atoms with E-state index in [9.17, 15) is 8.42 Å². The van der Waals surface area contributed by atoms with Crippen LogP contribution >= 0.6 is 11.3 Å². The Labute approximate surface area is 124 Å². The molecule has 3 aromatic rings. The van der Waals surface area contributed by atoms with Crippen LogP contribution in [0.4, 0.5) is 11.4 Å². The zero-order chi connectivity index (χ0) is 14.9. The van der Waals surface area contributed by atoms with Gasteiger partial charge in [0.1, 0.15) is 0 Å². The predicted molar refractivity (Wildman–Crippen MR) is 82.5 cm³/mol. The second-order valence-corrected chi connectivity index (χ2v) is 6.62. The number of hydrogen-bond donors (Lipinski definition) is 3. The van der Waals surface area contributed by atoms with Crippen LogP contribution in [0.1, 0.15) is 0 Å². The van der Waals surface area contributed by atoms with Gasteiger partial charge in [-0.15, -0.1) is 11.3 Å². The summed E-state index contributed by atoms with van der Waals surface area (Å²) in [5.74, 6) is 5.31. The zero-order valence-electron chi connectivity index (χ0n) is 10.6. The van der Waals surface area contributed by atoms with Gasteiger partial charge in [0.2, 0.25) is 5.03 Å². The first-order chi connectivity index (χ1) is 10.1. The van der Waals surface area contributed by atoms with Crippen molar-refractivity contribution in [3.63, 3.8) is 0 Å². The number of benzene rings is 1. The number of pyridine rings is 1. The van der Waals surface area contributed by atoms with E-state index in [-0.39, 0.29) is 10.7 Å². The van der Waals surface area contributed by atoms with Gasteiger partial charge in [-0.05, 0) is 30.3 Å². The third kappa shape index (κ3) is 2.66. The van der Waals surface area contributed by atoms with Crippen molar-refractivity contribution in [2.75, 3.05) is 10.1 Å². The molecule has 0 fully saturated rings. The van der Waals surface area contributed by atoms with Gasteiger partial charge in [-0.1, -0.05) is 0 Å². The van der Waals surface area contributed by atoms with Crippen molar-refractivity contribution >= 4 is 43.0 Å². The molecule has 1 aromatic carbocycles. The molecule has 0 saturated heterocycles. The van der Waals surface area contributed by atoms with Crippen molar-refractivity contribution in [1.82, 2.24) is 9.97 Å². The molecular weight excluding hydrogens is 310 g/mol. The average Bonchev–Trinajstić information content (AvgIpc) is 2.94. The highest BCUT2D eigenvalue weighted by atomic mass is 32.2. The molecule has 0 spiro atoms. The van der Waals surface area contributed by atoms with Crippen LogP contribution in [-0.4, -0.2) is 18.4 Å². The summed E-state index contributed by atoms with van der Waals surface area (Å²) in [5, 5.41) is -0.156. The number of rotatable bonds is 4. The summed E-state index contributed by atoms with van der Waals surface area (Å²) in [4.78, 5) is 8.01. The maximum absolute atomic E-state index is 12.4. The molecule has 0 amide bonds. The molecule has 4 N–H and O–H groups in total. The Morgan fingerprint density at radius 1 is 1.19 bits per heavy atom. The van der Waals surface area contributed by atoms with Crippen LogP contribution in [-0.2, 0) is 10.0 Å². The lowest BCUT2D eigenvalue weighted by Gasteiger charge is -2.10. The highest BCUT2D eigenvalue weighted by molar-refractivity contribution is 7.92. The molecular formula is C12H11N5O2S2. The smallest absolute Gasteiger partial charge is 0.281 e. The number of hydrazine groups is 1. The molecule has 108 valence electrons. The second kappa shape index (κ2) is 5.28. The van der Waals surface area contributed by atoms with Crippen LogP contribution < -0.4 is 16.0 Å². The van der Waals surface area contributed by atoms with E-state index in [4.69, 9.17) is 5.84 Å². The number of nitrogens with two attached hydrogens (primary N) is 1. The number of anilines is 2. The fourth-order valence-electron chi connectivity index (χ4n) is 1.84. The number of aromatic nitrogens is 2. The predicted octanol–water partition coefficient (Wildman–Crippen LogP) is 1.78. The maximum Gasteiger partial charge on any atom is 0.281 e. The second-order valence-electron chi connectivity index (χ2n) is 4.14. The van der Waals surface area contributed by atoms with E-state index in [2.05, 4.69) is 20.1 Å². The van der Waals surface area contributed by atoms with Gasteiger partial charge in [0, 0.05) is 6.20 Å². The van der Waals surface area contributed by atoms with Gasteiger partial charge in [0.15, 0.2) is 0 Å². The van der Waals surface area contributed by atoms with Crippen LogP contribution in [0.2, 0.25) is 0 Å². The fourth-order valence-corrected chi connectivity index (χ4v) is 3.70. The van der Waals surface area contributed by atoms with Crippen molar-refractivity contribution in [3.8, 4) is 0 Å². The third-order valence-electron chi connectivity index (χ3n) is 2.76. The lowest BCUT2D eigenvalue weighted by molar-refractivity contribution is 0.598. The van der Waals surface area contributed by atoms with E-state index in [0.717, 1.165) is 10.2 Å². The quantitative estimate of drug-likeness (QED) is 0.499. The van der Waals surface area contributed by atoms with Gasteiger partial charge < -0.3 is 5.43 Å². The lowest BCUT2D eigenvalue weighted by Crippen LogP contribution is -2.18. The molecule has 7 nitrogen and oxygen atoms in total. The standard InChI is InChI=1S/C12H11N5O2S2/c13-16-10-2-1-5-14-12(10)21(18,19)17-8-3-4-9-11(6-8)20-7-15-9/h1-7,16-17H,13H2. The van der Waals surface area contributed by atoms with Crippen LogP contribution in [0.15, 0.2) is 47.1 Å². The highest BCUT2D eigenvalue weighted by Gasteiger charge is 2.20. The van der Waals surface area contributed by atoms with Gasteiger partial charge in [-0.25, -0.2) is 9.97 Å². The van der Waals surface area contributed by atoms with Crippen molar-refractivity contribution in [1.29, 1.82) is 0 Å². The van der Waals surface area contributed by atoms with Crippen molar-refractivity contribution in [3.05, 3.63) is 42.0 Å². The molecule has 0 aliphatic heterocycles. The third-order valence-corrected chi connectivity index (χ3v) is 4.90. The number of sulfonamides is 1. The number of hydrogen-bond acceptors (Lipinski definition) is 7. The summed E-state index contributed by atoms with van der Waals surface area (Å²) < 4.78 is 28.1. The first-order valence-electron chi connectivity index (χ1n) is 5.88. The minimum atomic E-state index is -3.83. The summed E-state index contributed by atoms with van der Waals surface area (Å²) in [6.45, 7) is 0.